The Labute approximate surface area is 89.7 Å². The summed E-state index contributed by atoms with van der Waals surface area (Å²) in [6.07, 6.45) is 12.0. The molecule has 0 unspecified atom stereocenters. The smallest absolute Gasteiger partial charge is 0.0311 e. The molecule has 0 N–H and O–H groups in total. The highest BCUT2D eigenvalue weighted by molar-refractivity contribution is 4.83. The molecule has 0 aromatic rings. The molecule has 0 bridgehead atoms. The summed E-state index contributed by atoms with van der Waals surface area (Å²) in [5.74, 6) is 0.674. The first-order valence-corrected chi connectivity index (χ1v) is 5.20. The predicted molar refractivity (Wildman–Crippen MR) is 68.4 cm³/mol. The molecule has 0 aliphatic carbocycles. The molecule has 0 amide bonds. The SMILES string of the molecule is C=CCC.C=CCC(CC=C)CC=C. The standard InChI is InChI=1S/C10H16.C4H8/c1-4-7-10(8-5-2)9-6-3;1-3-4-2/h4-6,10H,1-3,7-9H2;3H,1,4H2,2H3. The second-order valence-corrected chi connectivity index (χ2v) is 3.14. The van der Waals surface area contributed by atoms with Crippen molar-refractivity contribution in [2.75, 3.05) is 0 Å². The summed E-state index contributed by atoms with van der Waals surface area (Å²) in [7, 11) is 0. The van der Waals surface area contributed by atoms with Crippen LogP contribution in [0.3, 0.4) is 0 Å². The van der Waals surface area contributed by atoms with Gasteiger partial charge in [-0.2, -0.15) is 0 Å². The van der Waals surface area contributed by atoms with E-state index in [1.165, 1.54) is 0 Å². The molecule has 14 heavy (non-hydrogen) atoms. The normalized spacial score (nSPS) is 8.43. The van der Waals surface area contributed by atoms with E-state index in [1.807, 2.05) is 24.3 Å². The Morgan fingerprint density at radius 3 is 1.21 bits per heavy atom. The lowest BCUT2D eigenvalue weighted by molar-refractivity contribution is 0.552. The quantitative estimate of drug-likeness (QED) is 0.503. The van der Waals surface area contributed by atoms with Crippen LogP contribution in [-0.4, -0.2) is 0 Å². The zero-order valence-electron chi connectivity index (χ0n) is 9.54. The Balaban J connectivity index is 0. The number of rotatable bonds is 7. The van der Waals surface area contributed by atoms with Crippen LogP contribution in [-0.2, 0) is 0 Å². The van der Waals surface area contributed by atoms with Crippen molar-refractivity contribution in [1.82, 2.24) is 0 Å². The first-order chi connectivity index (χ1) is 6.76. The van der Waals surface area contributed by atoms with E-state index >= 15 is 0 Å². The highest BCUT2D eigenvalue weighted by Crippen LogP contribution is 2.14. The van der Waals surface area contributed by atoms with Gasteiger partial charge in [0.25, 0.3) is 0 Å². The summed E-state index contributed by atoms with van der Waals surface area (Å²) in [5, 5.41) is 0. The lowest BCUT2D eigenvalue weighted by Gasteiger charge is -2.08. The lowest BCUT2D eigenvalue weighted by Crippen LogP contribution is -1.94. The average Bonchev–Trinajstić information content (AvgIpc) is 2.20. The van der Waals surface area contributed by atoms with Crippen molar-refractivity contribution >= 4 is 0 Å². The third kappa shape index (κ3) is 13.5. The fraction of sp³-hybridized carbons (Fsp3) is 0.429. The Kier molecular flexibility index (Phi) is 16.0. The fourth-order valence-electron chi connectivity index (χ4n) is 0.996. The molecule has 0 atom stereocenters. The lowest BCUT2D eigenvalue weighted by atomic mass is 9.98. The van der Waals surface area contributed by atoms with Crippen molar-refractivity contribution in [1.29, 1.82) is 0 Å². The van der Waals surface area contributed by atoms with Gasteiger partial charge in [-0.3, -0.25) is 0 Å². The molecule has 0 heterocycles. The largest absolute Gasteiger partial charge is 0.103 e. The van der Waals surface area contributed by atoms with Gasteiger partial charge in [0.15, 0.2) is 0 Å². The Hall–Kier alpha value is -1.04. The van der Waals surface area contributed by atoms with Crippen LogP contribution in [0.1, 0.15) is 32.6 Å². The molecule has 0 heteroatoms. The zero-order valence-corrected chi connectivity index (χ0v) is 9.54. The maximum atomic E-state index is 3.70. The molecule has 0 saturated heterocycles. The zero-order chi connectivity index (χ0) is 11.2. The number of allylic oxidation sites excluding steroid dienone is 4. The van der Waals surface area contributed by atoms with E-state index in [4.69, 9.17) is 0 Å². The Bertz CT molecular complexity index is 130. The predicted octanol–water partition coefficient (Wildman–Crippen LogP) is 4.91. The molecule has 0 aliphatic heterocycles. The maximum Gasteiger partial charge on any atom is -0.0311 e. The minimum atomic E-state index is 0.674. The molecule has 0 aromatic heterocycles. The van der Waals surface area contributed by atoms with Crippen LogP contribution >= 0.6 is 0 Å². The van der Waals surface area contributed by atoms with Gasteiger partial charge in [0.2, 0.25) is 0 Å². The van der Waals surface area contributed by atoms with Crippen LogP contribution in [0.2, 0.25) is 0 Å². The molecule has 0 nitrogen and oxygen atoms in total. The van der Waals surface area contributed by atoms with Crippen molar-refractivity contribution in [2.24, 2.45) is 5.92 Å². The van der Waals surface area contributed by atoms with Gasteiger partial charge in [-0.05, 0) is 31.6 Å². The Morgan fingerprint density at radius 2 is 1.07 bits per heavy atom. The minimum absolute atomic E-state index is 0.674. The highest BCUT2D eigenvalue weighted by atomic mass is 14.0. The monoisotopic (exact) mass is 192 g/mol. The van der Waals surface area contributed by atoms with Crippen LogP contribution in [0, 0.1) is 5.92 Å². The van der Waals surface area contributed by atoms with Crippen LogP contribution < -0.4 is 0 Å². The first-order valence-electron chi connectivity index (χ1n) is 5.20. The second-order valence-electron chi connectivity index (χ2n) is 3.14. The van der Waals surface area contributed by atoms with Crippen LogP contribution in [0.5, 0.6) is 0 Å². The summed E-state index contributed by atoms with van der Waals surface area (Å²) in [6.45, 7) is 16.6. The van der Waals surface area contributed by atoms with Crippen LogP contribution in [0.15, 0.2) is 50.6 Å². The van der Waals surface area contributed by atoms with Crippen LogP contribution in [0.4, 0.5) is 0 Å². The van der Waals surface area contributed by atoms with Gasteiger partial charge in [-0.25, -0.2) is 0 Å². The molecule has 0 aliphatic rings. The molecule has 0 aromatic carbocycles. The Morgan fingerprint density at radius 1 is 0.786 bits per heavy atom. The van der Waals surface area contributed by atoms with Gasteiger partial charge >= 0.3 is 0 Å². The molecule has 0 radical (unpaired) electrons. The molecule has 0 spiro atoms. The molecular formula is C14H24. The van der Waals surface area contributed by atoms with E-state index in [-0.39, 0.29) is 0 Å². The van der Waals surface area contributed by atoms with Crippen molar-refractivity contribution in [3.8, 4) is 0 Å². The van der Waals surface area contributed by atoms with Crippen LogP contribution in [0.25, 0.3) is 0 Å². The third-order valence-electron chi connectivity index (χ3n) is 1.79. The van der Waals surface area contributed by atoms with Gasteiger partial charge in [-0.1, -0.05) is 31.2 Å². The van der Waals surface area contributed by atoms with E-state index < -0.39 is 0 Å². The summed E-state index contributed by atoms with van der Waals surface area (Å²) < 4.78 is 0. The minimum Gasteiger partial charge on any atom is -0.103 e. The van der Waals surface area contributed by atoms with E-state index in [1.54, 1.807) is 0 Å². The van der Waals surface area contributed by atoms with E-state index in [9.17, 15) is 0 Å². The topological polar surface area (TPSA) is 0 Å². The van der Waals surface area contributed by atoms with Gasteiger partial charge in [0.05, 0.1) is 0 Å². The summed E-state index contributed by atoms with van der Waals surface area (Å²) in [5.41, 5.74) is 0. The average molecular weight is 192 g/mol. The summed E-state index contributed by atoms with van der Waals surface area (Å²) in [6, 6.07) is 0. The molecule has 0 saturated carbocycles. The van der Waals surface area contributed by atoms with E-state index in [2.05, 4.69) is 33.2 Å². The fourth-order valence-corrected chi connectivity index (χ4v) is 0.996. The summed E-state index contributed by atoms with van der Waals surface area (Å²) >= 11 is 0. The van der Waals surface area contributed by atoms with E-state index in [0.29, 0.717) is 5.92 Å². The molecule has 0 fully saturated rings. The first kappa shape index (κ1) is 15.4. The number of hydrogen-bond acceptors (Lipinski definition) is 0. The van der Waals surface area contributed by atoms with E-state index in [0.717, 1.165) is 25.7 Å². The van der Waals surface area contributed by atoms with Crippen molar-refractivity contribution < 1.29 is 0 Å². The third-order valence-corrected chi connectivity index (χ3v) is 1.79. The van der Waals surface area contributed by atoms with Crippen molar-refractivity contribution in [3.05, 3.63) is 50.6 Å². The van der Waals surface area contributed by atoms with Gasteiger partial charge in [-0.15, -0.1) is 26.3 Å². The maximum absolute atomic E-state index is 3.70. The van der Waals surface area contributed by atoms with Gasteiger partial charge < -0.3 is 0 Å². The molecule has 80 valence electrons. The van der Waals surface area contributed by atoms with Crippen molar-refractivity contribution in [2.45, 2.75) is 32.6 Å². The molecule has 0 rings (SSSR count). The highest BCUT2D eigenvalue weighted by Gasteiger charge is 2.00. The van der Waals surface area contributed by atoms with Crippen molar-refractivity contribution in [3.63, 3.8) is 0 Å². The summed E-state index contributed by atoms with van der Waals surface area (Å²) in [4.78, 5) is 0. The van der Waals surface area contributed by atoms with Gasteiger partial charge in [0, 0.05) is 0 Å². The van der Waals surface area contributed by atoms with Gasteiger partial charge in [0.1, 0.15) is 0 Å². The second kappa shape index (κ2) is 14.5. The number of hydrogen-bond donors (Lipinski definition) is 0. The molecular weight excluding hydrogens is 168 g/mol.